The van der Waals surface area contributed by atoms with E-state index in [4.69, 9.17) is 10.5 Å². The van der Waals surface area contributed by atoms with Crippen molar-refractivity contribution < 1.29 is 32.3 Å². The summed E-state index contributed by atoms with van der Waals surface area (Å²) in [6.45, 7) is 0.598. The molecule has 0 saturated carbocycles. The van der Waals surface area contributed by atoms with Crippen LogP contribution in [0.1, 0.15) is 36.0 Å². The summed E-state index contributed by atoms with van der Waals surface area (Å²) in [6, 6.07) is 13.8. The van der Waals surface area contributed by atoms with Crippen molar-refractivity contribution in [1.82, 2.24) is 14.7 Å². The average Bonchev–Trinajstić information content (AvgIpc) is 2.89. The van der Waals surface area contributed by atoms with E-state index in [1.807, 2.05) is 30.3 Å². The Morgan fingerprint density at radius 2 is 1.76 bits per heavy atom. The van der Waals surface area contributed by atoms with Crippen molar-refractivity contribution in [2.24, 2.45) is 5.73 Å². The molecule has 2 N–H and O–H groups in total. The normalized spacial score (nSPS) is 19.9. The van der Waals surface area contributed by atoms with Crippen LogP contribution >= 0.6 is 0 Å². The van der Waals surface area contributed by atoms with Gasteiger partial charge in [-0.2, -0.15) is 13.2 Å². The summed E-state index contributed by atoms with van der Waals surface area (Å²) in [5, 5.41) is 0. The second-order valence-electron chi connectivity index (χ2n) is 9.40. The van der Waals surface area contributed by atoms with Crippen LogP contribution in [0.5, 0.6) is 0 Å². The highest BCUT2D eigenvalue weighted by Crippen LogP contribution is 2.32. The molecule has 3 amide bonds. The van der Waals surface area contributed by atoms with E-state index in [0.717, 1.165) is 11.6 Å². The van der Waals surface area contributed by atoms with Gasteiger partial charge in [-0.1, -0.05) is 48.5 Å². The third-order valence-corrected chi connectivity index (χ3v) is 6.90. The number of fused-ring (bicyclic) bond motifs is 1. The number of hydrogen-bond donors (Lipinski definition) is 1. The molecule has 0 aliphatic carbocycles. The van der Waals surface area contributed by atoms with E-state index in [-0.39, 0.29) is 49.9 Å². The van der Waals surface area contributed by atoms with Gasteiger partial charge in [0, 0.05) is 25.9 Å². The highest BCUT2D eigenvalue weighted by Gasteiger charge is 2.48. The molecule has 0 radical (unpaired) electrons. The molecule has 38 heavy (non-hydrogen) atoms. The molecule has 2 aromatic carbocycles. The Bertz CT molecular complexity index is 1140. The van der Waals surface area contributed by atoms with E-state index in [1.54, 1.807) is 4.90 Å². The third-order valence-electron chi connectivity index (χ3n) is 6.90. The maximum Gasteiger partial charge on any atom is 0.416 e. The summed E-state index contributed by atoms with van der Waals surface area (Å²) in [5.41, 5.74) is 5.86. The van der Waals surface area contributed by atoms with Gasteiger partial charge in [0.1, 0.15) is 12.2 Å². The van der Waals surface area contributed by atoms with E-state index in [2.05, 4.69) is 0 Å². The van der Waals surface area contributed by atoms with Crippen LogP contribution in [0.25, 0.3) is 0 Å². The maximum absolute atomic E-state index is 13.4. The molecule has 0 bridgehead atoms. The van der Waals surface area contributed by atoms with Crippen molar-refractivity contribution in [2.45, 2.75) is 50.6 Å². The molecule has 2 aromatic rings. The smallest absolute Gasteiger partial charge is 0.416 e. The van der Waals surface area contributed by atoms with Crippen LogP contribution in [0, 0.1) is 0 Å². The zero-order valence-corrected chi connectivity index (χ0v) is 20.9. The molecule has 4 rings (SSSR count). The highest BCUT2D eigenvalue weighted by atomic mass is 19.4. The first kappa shape index (κ1) is 27.4. The quantitative estimate of drug-likeness (QED) is 0.562. The number of alkyl halides is 3. The minimum atomic E-state index is -4.51. The summed E-state index contributed by atoms with van der Waals surface area (Å²) in [4.78, 5) is 44.0. The lowest BCUT2D eigenvalue weighted by Gasteiger charge is -2.51. The Morgan fingerprint density at radius 1 is 1.05 bits per heavy atom. The number of piperazine rings is 1. The van der Waals surface area contributed by atoms with Gasteiger partial charge in [-0.3, -0.25) is 14.5 Å². The van der Waals surface area contributed by atoms with Crippen LogP contribution in [0.4, 0.5) is 18.0 Å². The molecule has 2 aliphatic rings. The topological polar surface area (TPSA) is 96.2 Å². The summed E-state index contributed by atoms with van der Waals surface area (Å²) in [6.07, 6.45) is -5.19. The van der Waals surface area contributed by atoms with Crippen molar-refractivity contribution in [3.63, 3.8) is 0 Å². The Labute approximate surface area is 219 Å². The predicted molar refractivity (Wildman–Crippen MR) is 132 cm³/mol. The van der Waals surface area contributed by atoms with Gasteiger partial charge < -0.3 is 20.3 Å². The number of rotatable bonds is 8. The first-order valence-electron chi connectivity index (χ1n) is 12.6. The summed E-state index contributed by atoms with van der Waals surface area (Å²) < 4.78 is 45.3. The lowest BCUT2D eigenvalue weighted by atomic mass is 9.99. The number of benzene rings is 2. The molecule has 2 fully saturated rings. The van der Waals surface area contributed by atoms with E-state index in [1.165, 1.54) is 28.0 Å². The number of carbonyl (C=O) groups excluding carboxylic acids is 3. The average molecular weight is 533 g/mol. The number of carbonyl (C=O) groups is 3. The lowest BCUT2D eigenvalue weighted by Crippen LogP contribution is -2.71. The van der Waals surface area contributed by atoms with Crippen molar-refractivity contribution in [1.29, 1.82) is 0 Å². The van der Waals surface area contributed by atoms with Crippen LogP contribution in [0.2, 0.25) is 0 Å². The van der Waals surface area contributed by atoms with Gasteiger partial charge in [-0.25, -0.2) is 4.79 Å². The summed E-state index contributed by atoms with van der Waals surface area (Å²) in [5.74, 6) is -0.432. The minimum absolute atomic E-state index is 0.0214. The van der Waals surface area contributed by atoms with Crippen LogP contribution in [-0.4, -0.2) is 71.1 Å². The third kappa shape index (κ3) is 6.09. The SMILES string of the molecule is NCCCC1C(=O)N(Cc2ccccc2)C[C@@H]2N(C(=O)OCCc3ccccc3C(F)(F)F)CCC(=O)N12. The van der Waals surface area contributed by atoms with Gasteiger partial charge in [0.2, 0.25) is 11.8 Å². The van der Waals surface area contributed by atoms with Gasteiger partial charge in [0.05, 0.1) is 18.7 Å². The number of amides is 3. The maximum atomic E-state index is 13.4. The number of ether oxygens (including phenoxy) is 1. The minimum Gasteiger partial charge on any atom is -0.449 e. The van der Waals surface area contributed by atoms with Crippen LogP contribution in [0.3, 0.4) is 0 Å². The summed E-state index contributed by atoms with van der Waals surface area (Å²) in [7, 11) is 0. The van der Waals surface area contributed by atoms with E-state index < -0.39 is 30.0 Å². The van der Waals surface area contributed by atoms with Crippen molar-refractivity contribution in [3.8, 4) is 0 Å². The first-order valence-corrected chi connectivity index (χ1v) is 12.6. The van der Waals surface area contributed by atoms with Gasteiger partial charge in [-0.15, -0.1) is 0 Å². The first-order chi connectivity index (χ1) is 18.2. The Hall–Kier alpha value is -3.60. The fourth-order valence-corrected chi connectivity index (χ4v) is 5.07. The molecular weight excluding hydrogens is 501 g/mol. The monoisotopic (exact) mass is 532 g/mol. The van der Waals surface area contributed by atoms with Gasteiger partial charge in [-0.05, 0) is 36.6 Å². The largest absolute Gasteiger partial charge is 0.449 e. The zero-order valence-electron chi connectivity index (χ0n) is 20.9. The van der Waals surface area contributed by atoms with Gasteiger partial charge >= 0.3 is 12.3 Å². The molecule has 2 atom stereocenters. The molecule has 0 aromatic heterocycles. The second kappa shape index (κ2) is 11.8. The van der Waals surface area contributed by atoms with Crippen molar-refractivity contribution in [3.05, 3.63) is 71.3 Å². The van der Waals surface area contributed by atoms with Crippen LogP contribution in [0.15, 0.2) is 54.6 Å². The van der Waals surface area contributed by atoms with Crippen LogP contribution in [-0.2, 0) is 33.5 Å². The molecule has 204 valence electrons. The summed E-state index contributed by atoms with van der Waals surface area (Å²) >= 11 is 0. The number of nitrogens with zero attached hydrogens (tertiary/aromatic N) is 3. The molecule has 2 aliphatic heterocycles. The predicted octanol–water partition coefficient (Wildman–Crippen LogP) is 3.39. The van der Waals surface area contributed by atoms with Gasteiger partial charge in [0.15, 0.2) is 0 Å². The number of nitrogens with two attached hydrogens (primary N) is 1. The molecule has 11 heteroatoms. The lowest BCUT2D eigenvalue weighted by molar-refractivity contribution is -0.169. The molecule has 8 nitrogen and oxygen atoms in total. The van der Waals surface area contributed by atoms with E-state index >= 15 is 0 Å². The Kier molecular flexibility index (Phi) is 8.55. The second-order valence-corrected chi connectivity index (χ2v) is 9.40. The van der Waals surface area contributed by atoms with E-state index in [9.17, 15) is 27.6 Å². The molecule has 0 spiro atoms. The van der Waals surface area contributed by atoms with Crippen molar-refractivity contribution in [2.75, 3.05) is 26.2 Å². The fourth-order valence-electron chi connectivity index (χ4n) is 5.07. The van der Waals surface area contributed by atoms with Crippen LogP contribution < -0.4 is 5.73 Å². The van der Waals surface area contributed by atoms with Gasteiger partial charge in [0.25, 0.3) is 0 Å². The molecule has 2 heterocycles. The number of hydrogen-bond acceptors (Lipinski definition) is 5. The Balaban J connectivity index is 1.50. The molecule has 1 unspecified atom stereocenters. The van der Waals surface area contributed by atoms with Crippen molar-refractivity contribution >= 4 is 17.9 Å². The highest BCUT2D eigenvalue weighted by molar-refractivity contribution is 5.90. The molecule has 2 saturated heterocycles. The Morgan fingerprint density at radius 3 is 2.47 bits per heavy atom. The standard InChI is InChI=1S/C27H31F3N4O4/c28-27(29,30)21-10-5-4-9-20(21)13-16-38-26(37)33-15-12-24(35)34-22(11-6-14-31)25(36)32(18-23(33)34)17-19-7-2-1-3-8-19/h1-5,7-10,22-23H,6,11-18,31H2/t22?,23-/m1/s1. The fraction of sp³-hybridized carbons (Fsp3) is 0.444. The number of halogens is 3. The van der Waals surface area contributed by atoms with E-state index in [0.29, 0.717) is 25.9 Å². The zero-order chi connectivity index (χ0) is 27.3. The molecular formula is C27H31F3N4O4.